The number of pyridine rings is 1. The molecule has 184 valence electrons. The molecule has 0 saturated heterocycles. The third-order valence-corrected chi connectivity index (χ3v) is 7.32. The molecule has 0 unspecified atom stereocenters. The number of alkyl halides is 3. The van der Waals surface area contributed by atoms with E-state index in [0.717, 1.165) is 0 Å². The average Bonchev–Trinajstić information content (AvgIpc) is 3.29. The van der Waals surface area contributed by atoms with Crippen LogP contribution in [0.5, 0.6) is 5.75 Å². The van der Waals surface area contributed by atoms with Crippen LogP contribution in [-0.4, -0.2) is 31.4 Å². The number of nitrogens with zero attached hydrogens (tertiary/aromatic N) is 2. The van der Waals surface area contributed by atoms with E-state index in [2.05, 4.69) is 9.68 Å². The topological polar surface area (TPSA) is 91.4 Å². The Bertz CT molecular complexity index is 1550. The van der Waals surface area contributed by atoms with Crippen molar-refractivity contribution in [1.82, 2.24) is 9.72 Å². The molecule has 2 heterocycles. The second-order valence-corrected chi connectivity index (χ2v) is 10.1. The summed E-state index contributed by atoms with van der Waals surface area (Å²) in [4.78, 5) is 12.8. The van der Waals surface area contributed by atoms with E-state index in [1.165, 1.54) is 66.5 Å². The molecule has 2 aromatic carbocycles. The van der Waals surface area contributed by atoms with Crippen LogP contribution in [0.1, 0.15) is 17.7 Å². The molecule has 2 aromatic heterocycles. The first-order chi connectivity index (χ1) is 16.5. The minimum atomic E-state index is -4.35. The number of sulfone groups is 1. The molecule has 4 aromatic rings. The van der Waals surface area contributed by atoms with E-state index < -0.39 is 28.0 Å². The number of hydrogen-bond donors (Lipinski definition) is 0. The fraction of sp³-hybridized carbons (Fsp3) is 0.217. The van der Waals surface area contributed by atoms with Crippen molar-refractivity contribution in [3.05, 3.63) is 81.4 Å². The quantitative estimate of drug-likeness (QED) is 0.332. The summed E-state index contributed by atoms with van der Waals surface area (Å²) in [5.41, 5.74) is 0.574. The smallest absolute Gasteiger partial charge is 0.389 e. The Morgan fingerprint density at radius 3 is 2.54 bits per heavy atom. The monoisotopic (exact) mass is 526 g/mol. The average molecular weight is 527 g/mol. The maximum absolute atomic E-state index is 12.8. The Labute approximate surface area is 202 Å². The van der Waals surface area contributed by atoms with Crippen LogP contribution in [0.4, 0.5) is 13.2 Å². The second-order valence-electron chi connectivity index (χ2n) is 7.71. The molecule has 0 bridgehead atoms. The maximum atomic E-state index is 12.8. The van der Waals surface area contributed by atoms with Crippen molar-refractivity contribution in [2.45, 2.75) is 29.7 Å². The third-order valence-electron chi connectivity index (χ3n) is 5.32. The highest BCUT2D eigenvalue weighted by atomic mass is 35.5. The number of fused-ring (bicyclic) bond motifs is 1. The lowest BCUT2D eigenvalue weighted by atomic mass is 10.1. The van der Waals surface area contributed by atoms with Gasteiger partial charge in [-0.15, -0.1) is 0 Å². The lowest BCUT2D eigenvalue weighted by molar-refractivity contribution is -0.133. The van der Waals surface area contributed by atoms with E-state index in [4.69, 9.17) is 16.3 Å². The first-order valence-electron chi connectivity index (χ1n) is 10.2. The predicted octanol–water partition coefficient (Wildman–Crippen LogP) is 5.11. The van der Waals surface area contributed by atoms with Gasteiger partial charge in [-0.05, 0) is 48.4 Å². The molecule has 0 amide bonds. The van der Waals surface area contributed by atoms with Crippen LogP contribution in [0.25, 0.3) is 16.6 Å². The minimum absolute atomic E-state index is 0.0192. The highest BCUT2D eigenvalue weighted by Crippen LogP contribution is 2.34. The number of aromatic nitrogens is 2. The lowest BCUT2D eigenvalue weighted by Gasteiger charge is -2.17. The highest BCUT2D eigenvalue weighted by Gasteiger charge is 2.27. The molecular weight excluding hydrogens is 509 g/mol. The van der Waals surface area contributed by atoms with E-state index in [1.54, 1.807) is 0 Å². The standard InChI is InChI=1S/C23H18ClF3N2O5S/c1-33-21-11-14(6-8-23(25,26)27)18(24)12-20(21)29-19-4-3-17(10-15(19)2-5-22(29)30)35(31,32)13-16-7-9-34-28-16/h2-5,7,9-12H,6,8,13H2,1H3. The molecule has 0 aliphatic carbocycles. The zero-order valence-electron chi connectivity index (χ0n) is 18.2. The number of ether oxygens (including phenoxy) is 1. The van der Waals surface area contributed by atoms with E-state index in [9.17, 15) is 26.4 Å². The van der Waals surface area contributed by atoms with Crippen LogP contribution in [-0.2, 0) is 22.0 Å². The van der Waals surface area contributed by atoms with Gasteiger partial charge < -0.3 is 9.26 Å². The molecule has 7 nitrogen and oxygen atoms in total. The first-order valence-corrected chi connectivity index (χ1v) is 12.2. The molecule has 0 saturated carbocycles. The van der Waals surface area contributed by atoms with Crippen LogP contribution in [0.3, 0.4) is 0 Å². The van der Waals surface area contributed by atoms with Crippen LogP contribution >= 0.6 is 11.6 Å². The molecule has 0 spiro atoms. The molecule has 0 N–H and O–H groups in total. The van der Waals surface area contributed by atoms with Gasteiger partial charge in [0.2, 0.25) is 0 Å². The van der Waals surface area contributed by atoms with Crippen LogP contribution < -0.4 is 10.3 Å². The van der Waals surface area contributed by atoms with Gasteiger partial charge in [0.15, 0.2) is 9.84 Å². The van der Waals surface area contributed by atoms with Crippen LogP contribution in [0.15, 0.2) is 69.0 Å². The van der Waals surface area contributed by atoms with Crippen molar-refractivity contribution in [1.29, 1.82) is 0 Å². The molecule has 0 fully saturated rings. The van der Waals surface area contributed by atoms with Gasteiger partial charge in [-0.1, -0.05) is 16.8 Å². The van der Waals surface area contributed by atoms with Crippen molar-refractivity contribution < 1.29 is 30.8 Å². The zero-order chi connectivity index (χ0) is 25.4. The molecule has 0 aliphatic rings. The molecule has 0 atom stereocenters. The Hall–Kier alpha value is -3.31. The minimum Gasteiger partial charge on any atom is -0.495 e. The van der Waals surface area contributed by atoms with Crippen LogP contribution in [0.2, 0.25) is 5.02 Å². The molecular formula is C23H18ClF3N2O5S. The Morgan fingerprint density at radius 1 is 1.11 bits per heavy atom. The molecule has 0 aliphatic heterocycles. The van der Waals surface area contributed by atoms with Gasteiger partial charge in [-0.3, -0.25) is 9.36 Å². The third kappa shape index (κ3) is 5.35. The summed E-state index contributed by atoms with van der Waals surface area (Å²) < 4.78 is 75.0. The number of halogens is 4. The number of aryl methyl sites for hydroxylation is 1. The molecule has 0 radical (unpaired) electrons. The zero-order valence-corrected chi connectivity index (χ0v) is 19.7. The van der Waals surface area contributed by atoms with Gasteiger partial charge in [0.05, 0.1) is 28.9 Å². The Balaban J connectivity index is 1.80. The summed E-state index contributed by atoms with van der Waals surface area (Å²) in [5, 5.41) is 4.10. The van der Waals surface area contributed by atoms with Gasteiger partial charge in [0.1, 0.15) is 17.8 Å². The second kappa shape index (κ2) is 9.38. The predicted molar refractivity (Wildman–Crippen MR) is 123 cm³/mol. The van der Waals surface area contributed by atoms with Gasteiger partial charge in [-0.25, -0.2) is 8.42 Å². The summed E-state index contributed by atoms with van der Waals surface area (Å²) in [5.74, 6) is -0.221. The van der Waals surface area contributed by atoms with Gasteiger partial charge >= 0.3 is 6.18 Å². The summed E-state index contributed by atoms with van der Waals surface area (Å²) in [6, 6.07) is 11.2. The first kappa shape index (κ1) is 24.8. The van der Waals surface area contributed by atoms with E-state index in [1.807, 2.05) is 0 Å². The van der Waals surface area contributed by atoms with Crippen molar-refractivity contribution in [3.63, 3.8) is 0 Å². The van der Waals surface area contributed by atoms with Gasteiger partial charge in [0.25, 0.3) is 5.56 Å². The summed E-state index contributed by atoms with van der Waals surface area (Å²) in [6.45, 7) is 0. The number of methoxy groups -OCH3 is 1. The van der Waals surface area contributed by atoms with E-state index >= 15 is 0 Å². The van der Waals surface area contributed by atoms with Crippen molar-refractivity contribution >= 4 is 32.3 Å². The summed E-state index contributed by atoms with van der Waals surface area (Å²) in [6.07, 6.45) is -4.49. The van der Waals surface area contributed by atoms with Gasteiger partial charge in [-0.2, -0.15) is 13.2 Å². The highest BCUT2D eigenvalue weighted by molar-refractivity contribution is 7.90. The number of rotatable bonds is 7. The fourth-order valence-electron chi connectivity index (χ4n) is 3.65. The largest absolute Gasteiger partial charge is 0.495 e. The van der Waals surface area contributed by atoms with Crippen molar-refractivity contribution in [2.24, 2.45) is 0 Å². The SMILES string of the molecule is COc1cc(CCC(F)(F)F)c(Cl)cc1-n1c(=O)ccc2cc(S(=O)(=O)Cc3ccon3)ccc21. The van der Waals surface area contributed by atoms with E-state index in [0.29, 0.717) is 10.9 Å². The summed E-state index contributed by atoms with van der Waals surface area (Å²) >= 11 is 6.26. The summed E-state index contributed by atoms with van der Waals surface area (Å²) in [7, 11) is -2.43. The number of benzene rings is 2. The van der Waals surface area contributed by atoms with E-state index in [-0.39, 0.29) is 44.8 Å². The van der Waals surface area contributed by atoms with Crippen molar-refractivity contribution in [3.8, 4) is 11.4 Å². The Kier molecular flexibility index (Phi) is 6.65. The lowest BCUT2D eigenvalue weighted by Crippen LogP contribution is -2.18. The normalized spacial score (nSPS) is 12.3. The Morgan fingerprint density at radius 2 is 1.89 bits per heavy atom. The maximum Gasteiger partial charge on any atom is 0.389 e. The number of hydrogen-bond acceptors (Lipinski definition) is 6. The van der Waals surface area contributed by atoms with Gasteiger partial charge in [0, 0.05) is 29.0 Å². The molecule has 12 heteroatoms. The molecule has 4 rings (SSSR count). The van der Waals surface area contributed by atoms with Crippen LogP contribution in [0, 0.1) is 0 Å². The molecule has 35 heavy (non-hydrogen) atoms. The fourth-order valence-corrected chi connectivity index (χ4v) is 5.19. The van der Waals surface area contributed by atoms with Crippen molar-refractivity contribution in [2.75, 3.05) is 7.11 Å².